The SMILES string of the molecule is CCN(CC)C(=O)c1cc([N+](=O)[O-])sn1. The van der Waals surface area contributed by atoms with Gasteiger partial charge in [0, 0.05) is 24.6 Å². The highest BCUT2D eigenvalue weighted by atomic mass is 32.1. The number of nitrogens with zero attached hydrogens (tertiary/aromatic N) is 3. The smallest absolute Gasteiger partial charge is 0.338 e. The molecule has 0 aliphatic carbocycles. The fraction of sp³-hybridized carbons (Fsp3) is 0.500. The summed E-state index contributed by atoms with van der Waals surface area (Å²) in [4.78, 5) is 23.1. The van der Waals surface area contributed by atoms with Gasteiger partial charge < -0.3 is 4.90 Å². The molecule has 7 heteroatoms. The Bertz CT molecular complexity index is 373. The molecule has 0 radical (unpaired) electrons. The molecule has 15 heavy (non-hydrogen) atoms. The molecule has 82 valence electrons. The van der Waals surface area contributed by atoms with E-state index in [0.717, 1.165) is 11.5 Å². The van der Waals surface area contributed by atoms with Crippen molar-refractivity contribution in [2.75, 3.05) is 13.1 Å². The zero-order chi connectivity index (χ0) is 11.4. The summed E-state index contributed by atoms with van der Waals surface area (Å²) in [5.41, 5.74) is 0.149. The van der Waals surface area contributed by atoms with Crippen molar-refractivity contribution in [2.24, 2.45) is 0 Å². The number of hydrogen-bond donors (Lipinski definition) is 0. The van der Waals surface area contributed by atoms with Crippen LogP contribution in [-0.4, -0.2) is 33.2 Å². The van der Waals surface area contributed by atoms with E-state index in [9.17, 15) is 14.9 Å². The second kappa shape index (κ2) is 4.83. The summed E-state index contributed by atoms with van der Waals surface area (Å²) in [5, 5.41) is 10.3. The summed E-state index contributed by atoms with van der Waals surface area (Å²) in [7, 11) is 0. The molecule has 1 aromatic rings. The zero-order valence-electron chi connectivity index (χ0n) is 8.47. The number of carbonyl (C=O) groups excluding carboxylic acids is 1. The minimum atomic E-state index is -0.545. The number of carbonyl (C=O) groups is 1. The first-order valence-corrected chi connectivity index (χ1v) is 5.27. The molecule has 6 nitrogen and oxygen atoms in total. The predicted octanol–water partition coefficient (Wildman–Crippen LogP) is 1.53. The average Bonchev–Trinajstić information content (AvgIpc) is 2.68. The van der Waals surface area contributed by atoms with Gasteiger partial charge in [0.15, 0.2) is 0 Å². The van der Waals surface area contributed by atoms with Crippen molar-refractivity contribution in [1.82, 2.24) is 9.27 Å². The molecule has 1 rings (SSSR count). The average molecular weight is 229 g/mol. The highest BCUT2D eigenvalue weighted by molar-refractivity contribution is 7.09. The molecule has 0 bridgehead atoms. The molecule has 0 N–H and O–H groups in total. The zero-order valence-corrected chi connectivity index (χ0v) is 9.28. The maximum absolute atomic E-state index is 11.7. The third kappa shape index (κ3) is 2.50. The summed E-state index contributed by atoms with van der Waals surface area (Å²) in [6, 6.07) is 1.21. The van der Waals surface area contributed by atoms with E-state index < -0.39 is 4.92 Å². The van der Waals surface area contributed by atoms with Gasteiger partial charge in [-0.05, 0) is 13.8 Å². The van der Waals surface area contributed by atoms with Crippen LogP contribution in [0.4, 0.5) is 5.00 Å². The lowest BCUT2D eigenvalue weighted by Gasteiger charge is -2.16. The van der Waals surface area contributed by atoms with E-state index in [-0.39, 0.29) is 16.6 Å². The molecule has 1 aromatic heterocycles. The monoisotopic (exact) mass is 229 g/mol. The fourth-order valence-corrected chi connectivity index (χ4v) is 1.68. The fourth-order valence-electron chi connectivity index (χ4n) is 1.13. The third-order valence-electron chi connectivity index (χ3n) is 1.95. The van der Waals surface area contributed by atoms with Crippen molar-refractivity contribution in [2.45, 2.75) is 13.8 Å². The van der Waals surface area contributed by atoms with Crippen LogP contribution in [0.3, 0.4) is 0 Å². The van der Waals surface area contributed by atoms with E-state index in [4.69, 9.17) is 0 Å². The molecule has 0 fully saturated rings. The summed E-state index contributed by atoms with van der Waals surface area (Å²) in [5.74, 6) is -0.260. The summed E-state index contributed by atoms with van der Waals surface area (Å²) in [6.07, 6.45) is 0. The van der Waals surface area contributed by atoms with Crippen LogP contribution in [0.5, 0.6) is 0 Å². The van der Waals surface area contributed by atoms with Crippen LogP contribution in [0, 0.1) is 10.1 Å². The lowest BCUT2D eigenvalue weighted by Crippen LogP contribution is -2.30. The quantitative estimate of drug-likeness (QED) is 0.579. The number of hydrogen-bond acceptors (Lipinski definition) is 5. The minimum Gasteiger partial charge on any atom is -0.338 e. The van der Waals surface area contributed by atoms with Crippen LogP contribution >= 0.6 is 11.5 Å². The number of aromatic nitrogens is 1. The molecule has 1 heterocycles. The van der Waals surface area contributed by atoms with Crippen LogP contribution in [0.25, 0.3) is 0 Å². The maximum atomic E-state index is 11.7. The van der Waals surface area contributed by atoms with Gasteiger partial charge in [-0.3, -0.25) is 14.9 Å². The predicted molar refractivity (Wildman–Crippen MR) is 56.0 cm³/mol. The highest BCUT2D eigenvalue weighted by Gasteiger charge is 2.20. The lowest BCUT2D eigenvalue weighted by molar-refractivity contribution is -0.380. The molecule has 0 saturated carbocycles. The Morgan fingerprint density at radius 2 is 2.20 bits per heavy atom. The Kier molecular flexibility index (Phi) is 3.73. The summed E-state index contributed by atoms with van der Waals surface area (Å²) >= 11 is 0.728. The Balaban J connectivity index is 2.86. The Morgan fingerprint density at radius 3 is 2.60 bits per heavy atom. The van der Waals surface area contributed by atoms with Crippen LogP contribution in [0.2, 0.25) is 0 Å². The van der Waals surface area contributed by atoms with Gasteiger partial charge >= 0.3 is 5.00 Å². The molecular weight excluding hydrogens is 218 g/mol. The Labute approximate surface area is 90.8 Å². The van der Waals surface area contributed by atoms with Gasteiger partial charge in [-0.15, -0.1) is 0 Å². The second-order valence-electron chi connectivity index (χ2n) is 2.78. The van der Waals surface area contributed by atoms with Crippen molar-refractivity contribution >= 4 is 22.4 Å². The van der Waals surface area contributed by atoms with Crippen molar-refractivity contribution in [3.05, 3.63) is 21.9 Å². The van der Waals surface area contributed by atoms with Crippen LogP contribution in [0.15, 0.2) is 6.07 Å². The minimum absolute atomic E-state index is 0.106. The van der Waals surface area contributed by atoms with Gasteiger partial charge in [0.05, 0.1) is 11.0 Å². The van der Waals surface area contributed by atoms with E-state index >= 15 is 0 Å². The molecule has 0 saturated heterocycles. The molecular formula is C8H11N3O3S. The van der Waals surface area contributed by atoms with Crippen molar-refractivity contribution in [3.63, 3.8) is 0 Å². The third-order valence-corrected chi connectivity index (χ3v) is 2.69. The molecule has 0 atom stereocenters. The summed E-state index contributed by atoms with van der Waals surface area (Å²) in [6.45, 7) is 4.84. The topological polar surface area (TPSA) is 76.3 Å². The molecule has 1 amide bonds. The molecule has 0 aromatic carbocycles. The van der Waals surface area contributed by atoms with Gasteiger partial charge in [-0.2, -0.15) is 4.37 Å². The van der Waals surface area contributed by atoms with Crippen LogP contribution in [-0.2, 0) is 0 Å². The van der Waals surface area contributed by atoms with Gasteiger partial charge in [0.1, 0.15) is 5.69 Å². The number of rotatable bonds is 4. The first-order valence-electron chi connectivity index (χ1n) is 4.50. The van der Waals surface area contributed by atoms with Crippen molar-refractivity contribution in [1.29, 1.82) is 0 Å². The molecule has 0 unspecified atom stereocenters. The van der Waals surface area contributed by atoms with Gasteiger partial charge in [-0.1, -0.05) is 0 Å². The van der Waals surface area contributed by atoms with E-state index in [1.165, 1.54) is 6.07 Å². The van der Waals surface area contributed by atoms with Crippen LogP contribution in [0.1, 0.15) is 24.3 Å². The lowest BCUT2D eigenvalue weighted by atomic mass is 10.3. The summed E-state index contributed by atoms with van der Waals surface area (Å²) < 4.78 is 3.76. The van der Waals surface area contributed by atoms with Gasteiger partial charge in [-0.25, -0.2) is 0 Å². The Hall–Kier alpha value is -1.50. The van der Waals surface area contributed by atoms with Crippen molar-refractivity contribution in [3.8, 4) is 0 Å². The first kappa shape index (κ1) is 11.6. The second-order valence-corrected chi connectivity index (χ2v) is 3.57. The number of nitro groups is 1. The van der Waals surface area contributed by atoms with E-state index in [2.05, 4.69) is 4.37 Å². The standard InChI is InChI=1S/C8H11N3O3S/c1-3-10(4-2)8(12)6-5-7(11(13)14)15-9-6/h5H,3-4H2,1-2H3. The molecule has 0 aliphatic rings. The first-order chi connectivity index (χ1) is 7.10. The maximum Gasteiger partial charge on any atom is 0.343 e. The van der Waals surface area contributed by atoms with E-state index in [1.54, 1.807) is 4.90 Å². The van der Waals surface area contributed by atoms with E-state index in [0.29, 0.717) is 13.1 Å². The van der Waals surface area contributed by atoms with Gasteiger partial charge in [0.2, 0.25) is 0 Å². The normalized spacial score (nSPS) is 10.0. The van der Waals surface area contributed by atoms with Crippen molar-refractivity contribution < 1.29 is 9.72 Å². The highest BCUT2D eigenvalue weighted by Crippen LogP contribution is 2.19. The largest absolute Gasteiger partial charge is 0.343 e. The number of amides is 1. The Morgan fingerprint density at radius 1 is 1.60 bits per heavy atom. The van der Waals surface area contributed by atoms with Gasteiger partial charge in [0.25, 0.3) is 5.91 Å². The van der Waals surface area contributed by atoms with Crippen LogP contribution < -0.4 is 0 Å². The molecule has 0 aliphatic heterocycles. The van der Waals surface area contributed by atoms with E-state index in [1.807, 2.05) is 13.8 Å². The molecule has 0 spiro atoms.